The molecule has 0 saturated heterocycles. The number of benzene rings is 2. The summed E-state index contributed by atoms with van der Waals surface area (Å²) >= 11 is 0. The number of phenols is 1. The van der Waals surface area contributed by atoms with E-state index in [-0.39, 0.29) is 24.0 Å². The average molecular weight is 418 g/mol. The molecule has 0 fully saturated rings. The Kier molecular flexibility index (Phi) is 7.48. The minimum absolute atomic E-state index is 0.00189. The van der Waals surface area contributed by atoms with E-state index in [1.165, 1.54) is 5.57 Å². The van der Waals surface area contributed by atoms with Crippen LogP contribution in [0.4, 0.5) is 0 Å². The highest BCUT2D eigenvalue weighted by Crippen LogP contribution is 2.32. The molecule has 0 heterocycles. The molecule has 31 heavy (non-hydrogen) atoms. The number of carbonyl (C=O) groups is 1. The smallest absolute Gasteiger partial charge is 0.224 e. The lowest BCUT2D eigenvalue weighted by molar-refractivity contribution is -0.120. The quantitative estimate of drug-likeness (QED) is 0.570. The van der Waals surface area contributed by atoms with E-state index < -0.39 is 6.10 Å². The highest BCUT2D eigenvalue weighted by Gasteiger charge is 2.17. The zero-order chi connectivity index (χ0) is 22.4. The van der Waals surface area contributed by atoms with Gasteiger partial charge in [-0.05, 0) is 53.7 Å². The average Bonchev–Trinajstić information content (AvgIpc) is 3.03. The van der Waals surface area contributed by atoms with Gasteiger partial charge in [-0.1, -0.05) is 68.5 Å². The van der Waals surface area contributed by atoms with Crippen molar-refractivity contribution in [1.82, 2.24) is 5.32 Å². The van der Waals surface area contributed by atoms with Crippen molar-refractivity contribution in [3.05, 3.63) is 94.6 Å². The Morgan fingerprint density at radius 3 is 2.65 bits per heavy atom. The summed E-state index contributed by atoms with van der Waals surface area (Å²) in [4.78, 5) is 12.6. The normalized spacial score (nSPS) is 14.3. The molecule has 2 aromatic rings. The molecule has 3 N–H and O–H groups in total. The third-order valence-electron chi connectivity index (χ3n) is 5.49. The van der Waals surface area contributed by atoms with Gasteiger partial charge in [-0.15, -0.1) is 0 Å². The first-order valence-electron chi connectivity index (χ1n) is 10.8. The van der Waals surface area contributed by atoms with Crippen LogP contribution in [0, 0.1) is 0 Å². The van der Waals surface area contributed by atoms with Gasteiger partial charge < -0.3 is 15.5 Å². The van der Waals surface area contributed by atoms with Gasteiger partial charge in [0, 0.05) is 17.7 Å². The van der Waals surface area contributed by atoms with Crippen LogP contribution in [-0.2, 0) is 17.8 Å². The number of nitrogens with one attached hydrogen (secondary N) is 1. The number of aromatic hydroxyl groups is 1. The van der Waals surface area contributed by atoms with Crippen molar-refractivity contribution in [2.45, 2.75) is 52.2 Å². The van der Waals surface area contributed by atoms with Crippen molar-refractivity contribution < 1.29 is 15.0 Å². The second kappa shape index (κ2) is 10.3. The van der Waals surface area contributed by atoms with E-state index >= 15 is 0 Å². The summed E-state index contributed by atoms with van der Waals surface area (Å²) in [5.41, 5.74) is 5.39. The molecule has 2 aromatic carbocycles. The lowest BCUT2D eigenvalue weighted by Crippen LogP contribution is -2.24. The van der Waals surface area contributed by atoms with Gasteiger partial charge in [0.25, 0.3) is 0 Å². The first-order chi connectivity index (χ1) is 14.8. The molecular weight excluding hydrogens is 386 g/mol. The van der Waals surface area contributed by atoms with Crippen LogP contribution in [-0.4, -0.2) is 16.1 Å². The summed E-state index contributed by atoms with van der Waals surface area (Å²) in [6.45, 7) is 6.12. The molecule has 3 rings (SSSR count). The molecule has 0 spiro atoms. The summed E-state index contributed by atoms with van der Waals surface area (Å²) in [5, 5.41) is 23.5. The zero-order valence-corrected chi connectivity index (χ0v) is 18.4. The van der Waals surface area contributed by atoms with Gasteiger partial charge >= 0.3 is 0 Å². The number of phenolic OH excluding ortho intramolecular Hbond substituents is 1. The van der Waals surface area contributed by atoms with Crippen molar-refractivity contribution in [3.63, 3.8) is 0 Å². The topological polar surface area (TPSA) is 69.6 Å². The fraction of sp³-hybridized carbons (Fsp3) is 0.296. The molecular formula is C27H31NO3. The Bertz CT molecular complexity index is 1030. The van der Waals surface area contributed by atoms with Crippen molar-refractivity contribution in [3.8, 4) is 5.75 Å². The largest absolute Gasteiger partial charge is 0.507 e. The Morgan fingerprint density at radius 2 is 1.90 bits per heavy atom. The van der Waals surface area contributed by atoms with Crippen LogP contribution in [0.15, 0.2) is 66.8 Å². The van der Waals surface area contributed by atoms with E-state index in [1.807, 2.05) is 56.3 Å². The van der Waals surface area contributed by atoms with Crippen LogP contribution < -0.4 is 5.32 Å². The van der Waals surface area contributed by atoms with Crippen molar-refractivity contribution in [2.75, 3.05) is 0 Å². The lowest BCUT2D eigenvalue weighted by atomic mass is 9.93. The maximum absolute atomic E-state index is 12.6. The molecule has 1 unspecified atom stereocenters. The van der Waals surface area contributed by atoms with E-state index in [1.54, 1.807) is 6.92 Å². The monoisotopic (exact) mass is 417 g/mol. The first kappa shape index (κ1) is 22.6. The van der Waals surface area contributed by atoms with Crippen LogP contribution >= 0.6 is 0 Å². The van der Waals surface area contributed by atoms with E-state index in [2.05, 4.69) is 29.6 Å². The van der Waals surface area contributed by atoms with Crippen molar-refractivity contribution in [2.24, 2.45) is 0 Å². The van der Waals surface area contributed by atoms with Crippen LogP contribution in [0.25, 0.3) is 5.57 Å². The molecule has 0 aromatic heterocycles. The van der Waals surface area contributed by atoms with Gasteiger partial charge in [0.1, 0.15) is 5.75 Å². The Labute approximate surface area is 184 Å². The van der Waals surface area contributed by atoms with Crippen LogP contribution in [0.3, 0.4) is 0 Å². The number of carbonyl (C=O) groups excluding carboxylic acids is 1. The number of aliphatic hydroxyl groups excluding tert-OH is 1. The standard InChI is InChI=1S/C27H31NO3/c1-18(2)23-14-24(27(31)25(15-23)19(3)29)16-26(30)28-17-20-9-8-12-22(13-20)21-10-6-4-5-7-11-21/h4-10,12-15,18-19,29,31H,11,16-17H2,1-3H3,(H,28,30). The van der Waals surface area contributed by atoms with Gasteiger partial charge in [0.2, 0.25) is 5.91 Å². The molecule has 1 aliphatic rings. The Balaban J connectivity index is 1.70. The molecule has 0 saturated carbocycles. The summed E-state index contributed by atoms with van der Waals surface area (Å²) in [7, 11) is 0. The van der Waals surface area contributed by atoms with Gasteiger partial charge in [-0.2, -0.15) is 0 Å². The number of hydrogen-bond acceptors (Lipinski definition) is 3. The molecule has 0 aliphatic heterocycles. The fourth-order valence-corrected chi connectivity index (χ4v) is 3.64. The van der Waals surface area contributed by atoms with E-state index in [9.17, 15) is 15.0 Å². The number of allylic oxidation sites excluding steroid dienone is 6. The van der Waals surface area contributed by atoms with Crippen LogP contribution in [0.1, 0.15) is 67.0 Å². The highest BCUT2D eigenvalue weighted by molar-refractivity contribution is 5.79. The maximum atomic E-state index is 12.6. The number of amides is 1. The van der Waals surface area contributed by atoms with Crippen molar-refractivity contribution in [1.29, 1.82) is 0 Å². The van der Waals surface area contributed by atoms with Crippen LogP contribution in [0.2, 0.25) is 0 Å². The maximum Gasteiger partial charge on any atom is 0.224 e. The second-order valence-electron chi connectivity index (χ2n) is 8.31. The molecule has 0 bridgehead atoms. The predicted molar refractivity (Wildman–Crippen MR) is 126 cm³/mol. The third kappa shape index (κ3) is 5.96. The van der Waals surface area contributed by atoms with Gasteiger partial charge in [-0.3, -0.25) is 4.79 Å². The third-order valence-corrected chi connectivity index (χ3v) is 5.49. The minimum atomic E-state index is -0.800. The van der Waals surface area contributed by atoms with Gasteiger partial charge in [0.05, 0.1) is 12.5 Å². The number of aliphatic hydroxyl groups is 1. The highest BCUT2D eigenvalue weighted by atomic mass is 16.3. The van der Waals surface area contributed by atoms with Gasteiger partial charge in [0.15, 0.2) is 0 Å². The van der Waals surface area contributed by atoms with E-state index in [4.69, 9.17) is 0 Å². The fourth-order valence-electron chi connectivity index (χ4n) is 3.64. The summed E-state index contributed by atoms with van der Waals surface area (Å²) in [6.07, 6.45) is 10.5. The molecule has 1 amide bonds. The molecule has 4 heteroatoms. The summed E-state index contributed by atoms with van der Waals surface area (Å²) in [6, 6.07) is 11.8. The Hall–Kier alpha value is -3.11. The number of hydrogen-bond donors (Lipinski definition) is 3. The summed E-state index contributed by atoms with van der Waals surface area (Å²) < 4.78 is 0. The SMILES string of the molecule is CC(C)c1cc(CC(=O)NCc2cccc(C3=CC=CC=CC3)c2)c(O)c(C(C)O)c1. The van der Waals surface area contributed by atoms with E-state index in [0.717, 1.165) is 23.1 Å². The summed E-state index contributed by atoms with van der Waals surface area (Å²) in [5.74, 6) is 0.0568. The number of rotatable bonds is 7. The minimum Gasteiger partial charge on any atom is -0.507 e. The predicted octanol–water partition coefficient (Wildman–Crippen LogP) is 5.33. The molecule has 1 aliphatic carbocycles. The lowest BCUT2D eigenvalue weighted by Gasteiger charge is -2.17. The van der Waals surface area contributed by atoms with E-state index in [0.29, 0.717) is 17.7 Å². The molecule has 4 nitrogen and oxygen atoms in total. The first-order valence-corrected chi connectivity index (χ1v) is 10.8. The Morgan fingerprint density at radius 1 is 1.10 bits per heavy atom. The molecule has 0 radical (unpaired) electrons. The van der Waals surface area contributed by atoms with Crippen molar-refractivity contribution >= 4 is 11.5 Å². The second-order valence-corrected chi connectivity index (χ2v) is 8.31. The molecule has 162 valence electrons. The molecule has 1 atom stereocenters. The van der Waals surface area contributed by atoms with Gasteiger partial charge in [-0.25, -0.2) is 0 Å². The van der Waals surface area contributed by atoms with Crippen LogP contribution in [0.5, 0.6) is 5.75 Å². The zero-order valence-electron chi connectivity index (χ0n) is 18.4.